The zero-order chi connectivity index (χ0) is 19.9. The van der Waals surface area contributed by atoms with E-state index in [1.54, 1.807) is 0 Å². The van der Waals surface area contributed by atoms with E-state index in [0.29, 0.717) is 25.5 Å². The van der Waals surface area contributed by atoms with Crippen molar-refractivity contribution in [3.8, 4) is 11.5 Å². The maximum Gasteiger partial charge on any atom is 0.233 e. The van der Waals surface area contributed by atoms with Gasteiger partial charge >= 0.3 is 0 Å². The average molecular weight is 388 g/mol. The molecule has 0 aromatic heterocycles. The molecule has 3 amide bonds. The van der Waals surface area contributed by atoms with Crippen molar-refractivity contribution < 1.29 is 23.9 Å². The summed E-state index contributed by atoms with van der Waals surface area (Å²) in [5.41, 5.74) is 0. The molecule has 0 spiro atoms. The molecular formula is C21H28N2O5. The fourth-order valence-electron chi connectivity index (χ4n) is 3.91. The molecule has 1 aromatic carbocycles. The minimum Gasteiger partial charge on any atom is -0.494 e. The van der Waals surface area contributed by atoms with Crippen molar-refractivity contribution in [2.75, 3.05) is 26.3 Å². The Labute approximate surface area is 165 Å². The van der Waals surface area contributed by atoms with Crippen molar-refractivity contribution >= 4 is 17.7 Å². The zero-order valence-corrected chi connectivity index (χ0v) is 16.3. The fraction of sp³-hybridized carbons (Fsp3) is 0.571. The monoisotopic (exact) mass is 388 g/mol. The molecule has 7 nitrogen and oxygen atoms in total. The first-order chi connectivity index (χ1) is 13.6. The molecule has 1 heterocycles. The quantitative estimate of drug-likeness (QED) is 0.518. The molecule has 2 aliphatic rings. The molecule has 1 saturated heterocycles. The summed E-state index contributed by atoms with van der Waals surface area (Å²) in [5, 5.41) is 2.76. The van der Waals surface area contributed by atoms with Gasteiger partial charge in [-0.25, -0.2) is 0 Å². The molecule has 152 valence electrons. The molecule has 7 heteroatoms. The lowest BCUT2D eigenvalue weighted by molar-refractivity contribution is -0.140. The highest BCUT2D eigenvalue weighted by atomic mass is 16.5. The first kappa shape index (κ1) is 20.2. The number of benzene rings is 1. The van der Waals surface area contributed by atoms with Crippen LogP contribution in [0.5, 0.6) is 11.5 Å². The number of rotatable bonds is 9. The van der Waals surface area contributed by atoms with Crippen molar-refractivity contribution in [3.05, 3.63) is 24.3 Å². The number of likely N-dealkylation sites (tertiary alicyclic amines) is 1. The third-order valence-corrected chi connectivity index (χ3v) is 5.32. The van der Waals surface area contributed by atoms with Crippen LogP contribution in [0.1, 0.15) is 39.0 Å². The van der Waals surface area contributed by atoms with E-state index in [2.05, 4.69) is 5.32 Å². The Morgan fingerprint density at radius 3 is 2.18 bits per heavy atom. The molecule has 0 unspecified atom stereocenters. The second-order valence-electron chi connectivity index (χ2n) is 7.18. The molecular weight excluding hydrogens is 360 g/mol. The molecule has 0 radical (unpaired) electrons. The van der Waals surface area contributed by atoms with Crippen LogP contribution in [0.15, 0.2) is 24.3 Å². The summed E-state index contributed by atoms with van der Waals surface area (Å²) >= 11 is 0. The predicted molar refractivity (Wildman–Crippen MR) is 103 cm³/mol. The molecule has 1 aliphatic carbocycles. The Morgan fingerprint density at radius 2 is 1.61 bits per heavy atom. The Kier molecular flexibility index (Phi) is 6.90. The Bertz CT molecular complexity index is 679. The molecule has 1 aliphatic heterocycles. The van der Waals surface area contributed by atoms with E-state index in [9.17, 15) is 14.4 Å². The van der Waals surface area contributed by atoms with Gasteiger partial charge in [-0.3, -0.25) is 19.3 Å². The number of hydrogen-bond acceptors (Lipinski definition) is 5. The lowest BCUT2D eigenvalue weighted by Gasteiger charge is -2.19. The minimum absolute atomic E-state index is 0.0960. The first-order valence-electron chi connectivity index (χ1n) is 10.1. The van der Waals surface area contributed by atoms with E-state index < -0.39 is 0 Å². The summed E-state index contributed by atoms with van der Waals surface area (Å²) < 4.78 is 10.9. The van der Waals surface area contributed by atoms with Crippen molar-refractivity contribution in [1.82, 2.24) is 10.2 Å². The van der Waals surface area contributed by atoms with E-state index in [4.69, 9.17) is 9.47 Å². The topological polar surface area (TPSA) is 84.9 Å². The molecule has 1 N–H and O–H groups in total. The van der Waals surface area contributed by atoms with Crippen LogP contribution in [0, 0.1) is 11.8 Å². The van der Waals surface area contributed by atoms with Crippen LogP contribution < -0.4 is 14.8 Å². The van der Waals surface area contributed by atoms with Gasteiger partial charge in [-0.2, -0.15) is 0 Å². The van der Waals surface area contributed by atoms with E-state index in [1.165, 1.54) is 4.90 Å². The lowest BCUT2D eigenvalue weighted by atomic mass is 9.81. The molecule has 3 rings (SSSR count). The van der Waals surface area contributed by atoms with Crippen LogP contribution in [0.3, 0.4) is 0 Å². The second kappa shape index (κ2) is 9.57. The first-order valence-corrected chi connectivity index (χ1v) is 10.1. The third kappa shape index (κ3) is 4.82. The zero-order valence-electron chi connectivity index (χ0n) is 16.3. The van der Waals surface area contributed by atoms with E-state index in [1.807, 2.05) is 31.2 Å². The largest absolute Gasteiger partial charge is 0.494 e. The Morgan fingerprint density at radius 1 is 1.04 bits per heavy atom. The van der Waals surface area contributed by atoms with E-state index in [0.717, 1.165) is 31.4 Å². The minimum atomic E-state index is -0.189. The van der Waals surface area contributed by atoms with Crippen LogP contribution in [0.2, 0.25) is 0 Å². The van der Waals surface area contributed by atoms with Gasteiger partial charge in [-0.1, -0.05) is 12.8 Å². The molecule has 1 aromatic rings. The van der Waals surface area contributed by atoms with Gasteiger partial charge in [0.2, 0.25) is 17.7 Å². The number of carbonyl (C=O) groups excluding carboxylic acids is 3. The lowest BCUT2D eigenvalue weighted by Crippen LogP contribution is -2.36. The van der Waals surface area contributed by atoms with Gasteiger partial charge in [0.05, 0.1) is 25.0 Å². The maximum absolute atomic E-state index is 12.4. The second-order valence-corrected chi connectivity index (χ2v) is 7.18. The number of ether oxygens (including phenoxy) is 2. The van der Waals surface area contributed by atoms with Crippen LogP contribution >= 0.6 is 0 Å². The standard InChI is InChI=1S/C21H28N2O5/c1-2-27-15-7-9-16(10-8-15)28-14-12-22-19(24)11-13-23-20(25)17-5-3-4-6-18(17)21(23)26/h7-10,17-18H,2-6,11-14H2,1H3,(H,22,24)/t17-,18-/m1/s1. The van der Waals surface area contributed by atoms with E-state index >= 15 is 0 Å². The molecule has 2 fully saturated rings. The number of fused-ring (bicyclic) bond motifs is 1. The summed E-state index contributed by atoms with van der Waals surface area (Å²) in [6.07, 6.45) is 3.72. The van der Waals surface area contributed by atoms with Crippen molar-refractivity contribution in [2.24, 2.45) is 11.8 Å². The highest BCUT2D eigenvalue weighted by Gasteiger charge is 2.47. The van der Waals surface area contributed by atoms with Crippen molar-refractivity contribution in [1.29, 1.82) is 0 Å². The molecule has 28 heavy (non-hydrogen) atoms. The summed E-state index contributed by atoms with van der Waals surface area (Å²) in [6, 6.07) is 7.30. The number of nitrogens with one attached hydrogen (secondary N) is 1. The van der Waals surface area contributed by atoms with Crippen molar-refractivity contribution in [3.63, 3.8) is 0 Å². The molecule has 2 atom stereocenters. The summed E-state index contributed by atoms with van der Waals surface area (Å²) in [5.74, 6) is 0.787. The predicted octanol–water partition coefficient (Wildman–Crippen LogP) is 2.15. The Balaban J connectivity index is 1.34. The number of imide groups is 1. The normalized spacial score (nSPS) is 21.4. The van der Waals surface area contributed by atoms with Gasteiger partial charge in [-0.05, 0) is 44.0 Å². The number of amides is 3. The average Bonchev–Trinajstić information content (AvgIpc) is 2.96. The van der Waals surface area contributed by atoms with Gasteiger partial charge in [0, 0.05) is 13.0 Å². The van der Waals surface area contributed by atoms with Crippen molar-refractivity contribution in [2.45, 2.75) is 39.0 Å². The maximum atomic E-state index is 12.4. The van der Waals surface area contributed by atoms with E-state index in [-0.39, 0.29) is 42.5 Å². The van der Waals surface area contributed by atoms with Gasteiger partial charge in [0.25, 0.3) is 0 Å². The van der Waals surface area contributed by atoms with Crippen LogP contribution in [-0.2, 0) is 14.4 Å². The summed E-state index contributed by atoms with van der Waals surface area (Å²) in [7, 11) is 0. The highest BCUT2D eigenvalue weighted by molar-refractivity contribution is 6.05. The highest BCUT2D eigenvalue weighted by Crippen LogP contribution is 2.37. The Hall–Kier alpha value is -2.57. The number of carbonyl (C=O) groups is 3. The number of nitrogens with zero attached hydrogens (tertiary/aromatic N) is 1. The van der Waals surface area contributed by atoms with Gasteiger partial charge < -0.3 is 14.8 Å². The fourth-order valence-corrected chi connectivity index (χ4v) is 3.91. The molecule has 0 bridgehead atoms. The van der Waals surface area contributed by atoms with Crippen LogP contribution in [0.25, 0.3) is 0 Å². The smallest absolute Gasteiger partial charge is 0.233 e. The SMILES string of the molecule is CCOc1ccc(OCCNC(=O)CCN2C(=O)[C@@H]3CCCC[C@H]3C2=O)cc1. The van der Waals surface area contributed by atoms with Gasteiger partial charge in [-0.15, -0.1) is 0 Å². The number of hydrogen-bond donors (Lipinski definition) is 1. The van der Waals surface area contributed by atoms with Crippen LogP contribution in [-0.4, -0.2) is 48.9 Å². The summed E-state index contributed by atoms with van der Waals surface area (Å²) in [6.45, 7) is 3.40. The summed E-state index contributed by atoms with van der Waals surface area (Å²) in [4.78, 5) is 38.1. The van der Waals surface area contributed by atoms with Gasteiger partial charge in [0.1, 0.15) is 18.1 Å². The molecule has 1 saturated carbocycles. The third-order valence-electron chi connectivity index (χ3n) is 5.32. The van der Waals surface area contributed by atoms with Gasteiger partial charge in [0.15, 0.2) is 0 Å². The van der Waals surface area contributed by atoms with Crippen LogP contribution in [0.4, 0.5) is 0 Å².